The summed E-state index contributed by atoms with van der Waals surface area (Å²) in [6.07, 6.45) is 0.0374. The number of anilines is 1. The molecule has 3 amide bonds. The molecule has 34 heavy (non-hydrogen) atoms. The Bertz CT molecular complexity index is 1120. The Morgan fingerprint density at radius 2 is 1.79 bits per heavy atom. The number of hydrogen-bond acceptors (Lipinski definition) is 6. The zero-order valence-electron chi connectivity index (χ0n) is 18.6. The van der Waals surface area contributed by atoms with Crippen molar-refractivity contribution in [1.29, 1.82) is 0 Å². The minimum Gasteiger partial charge on any atom is -0.459 e. The molecule has 1 aliphatic heterocycles. The summed E-state index contributed by atoms with van der Waals surface area (Å²) in [5.74, 6) is -0.522. The van der Waals surface area contributed by atoms with E-state index in [-0.39, 0.29) is 24.1 Å². The zero-order valence-corrected chi connectivity index (χ0v) is 18.6. The molecule has 0 saturated carbocycles. The van der Waals surface area contributed by atoms with Crippen molar-refractivity contribution in [2.75, 3.05) is 25.6 Å². The standard InChI is InChI=1S/C25H25N3O6/c1-32-15-13-26-24(30)21-22(34-25(31)28(21)16-17-6-3-2-4-7-17)18-9-11-19(12-10-18)27-23(29)20-8-5-14-33-20/h2-12,14,21-22H,13,15-16H2,1H3,(H,26,30)(H,27,29). The lowest BCUT2D eigenvalue weighted by Crippen LogP contribution is -2.46. The van der Waals surface area contributed by atoms with Crippen LogP contribution in [0.3, 0.4) is 0 Å². The van der Waals surface area contributed by atoms with Crippen molar-refractivity contribution < 1.29 is 28.3 Å². The van der Waals surface area contributed by atoms with E-state index < -0.39 is 18.2 Å². The van der Waals surface area contributed by atoms with Crippen molar-refractivity contribution in [2.24, 2.45) is 0 Å². The van der Waals surface area contributed by atoms with E-state index in [1.807, 2.05) is 30.3 Å². The summed E-state index contributed by atoms with van der Waals surface area (Å²) >= 11 is 0. The van der Waals surface area contributed by atoms with Gasteiger partial charge in [-0.05, 0) is 35.4 Å². The number of rotatable bonds is 9. The van der Waals surface area contributed by atoms with Gasteiger partial charge >= 0.3 is 6.09 Å². The second-order valence-corrected chi connectivity index (χ2v) is 7.70. The predicted octanol–water partition coefficient (Wildman–Crippen LogP) is 3.36. The number of ether oxygens (including phenoxy) is 2. The van der Waals surface area contributed by atoms with E-state index in [0.29, 0.717) is 24.4 Å². The Balaban J connectivity index is 1.53. The third-order valence-electron chi connectivity index (χ3n) is 5.40. The van der Waals surface area contributed by atoms with Crippen LogP contribution in [0.4, 0.5) is 10.5 Å². The quantitative estimate of drug-likeness (QED) is 0.471. The maximum Gasteiger partial charge on any atom is 0.411 e. The lowest BCUT2D eigenvalue weighted by Gasteiger charge is -2.24. The van der Waals surface area contributed by atoms with Crippen LogP contribution in [0, 0.1) is 0 Å². The van der Waals surface area contributed by atoms with Crippen molar-refractivity contribution in [3.8, 4) is 0 Å². The van der Waals surface area contributed by atoms with Gasteiger partial charge < -0.3 is 24.5 Å². The molecule has 2 atom stereocenters. The summed E-state index contributed by atoms with van der Waals surface area (Å²) in [5.41, 5.74) is 2.05. The van der Waals surface area contributed by atoms with Gasteiger partial charge in [-0.15, -0.1) is 0 Å². The number of nitrogens with zero attached hydrogens (tertiary/aromatic N) is 1. The Morgan fingerprint density at radius 1 is 1.03 bits per heavy atom. The van der Waals surface area contributed by atoms with Crippen molar-refractivity contribution in [1.82, 2.24) is 10.2 Å². The Labute approximate surface area is 196 Å². The minimum absolute atomic E-state index is 0.193. The number of carbonyl (C=O) groups excluding carboxylic acids is 3. The number of methoxy groups -OCH3 is 1. The molecule has 2 aromatic carbocycles. The highest BCUT2D eigenvalue weighted by atomic mass is 16.6. The molecule has 176 valence electrons. The Morgan fingerprint density at radius 3 is 2.47 bits per heavy atom. The van der Waals surface area contributed by atoms with Crippen LogP contribution >= 0.6 is 0 Å². The summed E-state index contributed by atoms with van der Waals surface area (Å²) < 4.78 is 15.8. The average molecular weight is 463 g/mol. The number of carbonyl (C=O) groups is 3. The van der Waals surface area contributed by atoms with Crippen molar-refractivity contribution >= 4 is 23.6 Å². The second kappa shape index (κ2) is 10.7. The second-order valence-electron chi connectivity index (χ2n) is 7.70. The van der Waals surface area contributed by atoms with E-state index in [1.54, 1.807) is 43.5 Å². The first-order chi connectivity index (χ1) is 16.6. The van der Waals surface area contributed by atoms with E-state index in [0.717, 1.165) is 5.56 Å². The van der Waals surface area contributed by atoms with Crippen LogP contribution in [-0.2, 0) is 20.8 Å². The maximum absolute atomic E-state index is 13.1. The minimum atomic E-state index is -0.867. The van der Waals surface area contributed by atoms with Gasteiger partial charge in [-0.1, -0.05) is 42.5 Å². The summed E-state index contributed by atoms with van der Waals surface area (Å²) in [6.45, 7) is 0.889. The molecule has 9 nitrogen and oxygen atoms in total. The molecule has 0 radical (unpaired) electrons. The molecule has 1 aliphatic rings. The van der Waals surface area contributed by atoms with E-state index in [2.05, 4.69) is 10.6 Å². The number of furan rings is 1. The molecule has 1 saturated heterocycles. The highest BCUT2D eigenvalue weighted by Crippen LogP contribution is 2.34. The Kier molecular flexibility index (Phi) is 7.24. The van der Waals surface area contributed by atoms with Crippen molar-refractivity contribution in [2.45, 2.75) is 18.7 Å². The topological polar surface area (TPSA) is 110 Å². The van der Waals surface area contributed by atoms with Crippen LogP contribution in [0.2, 0.25) is 0 Å². The van der Waals surface area contributed by atoms with Gasteiger partial charge in [0.2, 0.25) is 5.91 Å². The molecule has 3 aromatic rings. The first kappa shape index (κ1) is 23.1. The number of hydrogen-bond donors (Lipinski definition) is 2. The largest absolute Gasteiger partial charge is 0.459 e. The molecule has 9 heteroatoms. The fourth-order valence-electron chi connectivity index (χ4n) is 3.73. The molecular formula is C25H25N3O6. The molecule has 2 heterocycles. The molecule has 0 aliphatic carbocycles. The van der Waals surface area contributed by atoms with Crippen molar-refractivity contribution in [3.05, 3.63) is 89.9 Å². The van der Waals surface area contributed by atoms with E-state index in [1.165, 1.54) is 11.2 Å². The average Bonchev–Trinajstić information content (AvgIpc) is 3.49. The lowest BCUT2D eigenvalue weighted by atomic mass is 10.0. The third-order valence-corrected chi connectivity index (χ3v) is 5.40. The normalized spacial score (nSPS) is 17.3. The van der Waals surface area contributed by atoms with Gasteiger partial charge in [0, 0.05) is 19.3 Å². The smallest absolute Gasteiger partial charge is 0.411 e. The van der Waals surface area contributed by atoms with Crippen LogP contribution in [0.1, 0.15) is 27.8 Å². The van der Waals surface area contributed by atoms with Gasteiger partial charge in [-0.3, -0.25) is 14.5 Å². The van der Waals surface area contributed by atoms with Gasteiger partial charge in [0.15, 0.2) is 17.9 Å². The molecule has 2 N–H and O–H groups in total. The SMILES string of the molecule is COCCNC(=O)C1C(c2ccc(NC(=O)c3ccco3)cc2)OC(=O)N1Cc1ccccc1. The van der Waals surface area contributed by atoms with Crippen LogP contribution in [0.15, 0.2) is 77.4 Å². The monoisotopic (exact) mass is 463 g/mol. The number of nitrogens with one attached hydrogen (secondary N) is 2. The van der Waals surface area contributed by atoms with Crippen LogP contribution in [-0.4, -0.2) is 49.1 Å². The molecular weight excluding hydrogens is 438 g/mol. The molecule has 0 spiro atoms. The fourth-order valence-corrected chi connectivity index (χ4v) is 3.73. The Hall–Kier alpha value is -4.11. The summed E-state index contributed by atoms with van der Waals surface area (Å²) in [5, 5.41) is 5.55. The van der Waals surface area contributed by atoms with Crippen LogP contribution in [0.25, 0.3) is 0 Å². The highest BCUT2D eigenvalue weighted by molar-refractivity contribution is 6.02. The first-order valence-electron chi connectivity index (χ1n) is 10.8. The number of cyclic esters (lactones) is 1. The van der Waals surface area contributed by atoms with Gasteiger partial charge in [-0.2, -0.15) is 0 Å². The van der Waals surface area contributed by atoms with Gasteiger partial charge in [-0.25, -0.2) is 4.79 Å². The van der Waals surface area contributed by atoms with Crippen LogP contribution in [0.5, 0.6) is 0 Å². The fraction of sp³-hybridized carbons (Fsp3) is 0.240. The molecule has 1 aromatic heterocycles. The number of benzene rings is 2. The van der Waals surface area contributed by atoms with Gasteiger partial charge in [0.25, 0.3) is 5.91 Å². The van der Waals surface area contributed by atoms with E-state index in [4.69, 9.17) is 13.9 Å². The third kappa shape index (κ3) is 5.26. The highest BCUT2D eigenvalue weighted by Gasteiger charge is 2.46. The molecule has 1 fully saturated rings. The summed E-state index contributed by atoms with van der Waals surface area (Å²) in [6, 6.07) is 18.5. The summed E-state index contributed by atoms with van der Waals surface area (Å²) in [7, 11) is 1.55. The van der Waals surface area contributed by atoms with Crippen LogP contribution < -0.4 is 10.6 Å². The number of amides is 3. The van der Waals surface area contributed by atoms with E-state index in [9.17, 15) is 14.4 Å². The van der Waals surface area contributed by atoms with E-state index >= 15 is 0 Å². The summed E-state index contributed by atoms with van der Waals surface area (Å²) in [4.78, 5) is 39.5. The van der Waals surface area contributed by atoms with Gasteiger partial charge in [0.05, 0.1) is 19.4 Å². The predicted molar refractivity (Wildman–Crippen MR) is 123 cm³/mol. The molecule has 0 bridgehead atoms. The molecule has 2 unspecified atom stereocenters. The van der Waals surface area contributed by atoms with Crippen molar-refractivity contribution in [3.63, 3.8) is 0 Å². The molecule has 4 rings (SSSR count). The zero-order chi connectivity index (χ0) is 23.9. The first-order valence-corrected chi connectivity index (χ1v) is 10.8. The van der Waals surface area contributed by atoms with Gasteiger partial charge in [0.1, 0.15) is 0 Å². The lowest BCUT2D eigenvalue weighted by molar-refractivity contribution is -0.126. The maximum atomic E-state index is 13.1.